The molecular weight excluding hydrogens is 374 g/mol. The lowest BCUT2D eigenvalue weighted by molar-refractivity contribution is -0.898. The van der Waals surface area contributed by atoms with Crippen LogP contribution in [0, 0.1) is 0 Å². The molecule has 3 rings (SSSR count). The van der Waals surface area contributed by atoms with Crippen LogP contribution in [0.15, 0.2) is 42.5 Å². The Morgan fingerprint density at radius 3 is 2.64 bits per heavy atom. The van der Waals surface area contributed by atoms with Gasteiger partial charge in [-0.05, 0) is 49.7 Å². The molecule has 0 bridgehead atoms. The van der Waals surface area contributed by atoms with Gasteiger partial charge in [0.2, 0.25) is 0 Å². The number of carbonyl (C=O) groups excluding carboxylic acids is 1. The van der Waals surface area contributed by atoms with E-state index in [1.807, 2.05) is 30.3 Å². The number of halogens is 1. The fourth-order valence-corrected chi connectivity index (χ4v) is 3.71. The Kier molecular flexibility index (Phi) is 7.18. The molecule has 28 heavy (non-hydrogen) atoms. The summed E-state index contributed by atoms with van der Waals surface area (Å²) in [6.45, 7) is 10.3. The summed E-state index contributed by atoms with van der Waals surface area (Å²) in [5, 5.41) is 3.59. The molecule has 0 unspecified atom stereocenters. The molecular formula is C22H29ClN3O2+. The second-order valence-corrected chi connectivity index (χ2v) is 7.49. The summed E-state index contributed by atoms with van der Waals surface area (Å²) in [6, 6.07) is 13.0. The minimum absolute atomic E-state index is 0.175. The van der Waals surface area contributed by atoms with Gasteiger partial charge in [-0.2, -0.15) is 0 Å². The van der Waals surface area contributed by atoms with Crippen LogP contribution in [0.25, 0.3) is 0 Å². The molecule has 1 aliphatic heterocycles. The lowest BCUT2D eigenvalue weighted by atomic mass is 10.2. The Balaban J connectivity index is 1.65. The van der Waals surface area contributed by atoms with Gasteiger partial charge < -0.3 is 19.9 Å². The summed E-state index contributed by atoms with van der Waals surface area (Å²) < 4.78 is 5.61. The molecule has 2 aromatic rings. The SMILES string of the molecule is CCCOc1cccc(C(=O)Nc2ccc(N3CC[NH+](CC)CC3)c(Cl)c2)c1. The number of amides is 1. The Hall–Kier alpha value is -2.24. The number of likely N-dealkylation sites (N-methyl/N-ethyl adjacent to an activating group) is 1. The fraction of sp³-hybridized carbons (Fsp3) is 0.409. The first kappa shape index (κ1) is 20.5. The molecule has 1 amide bonds. The Labute approximate surface area is 172 Å². The highest BCUT2D eigenvalue weighted by atomic mass is 35.5. The standard InChI is InChI=1S/C22H28ClN3O2/c1-3-14-28-19-7-5-6-17(15-19)22(27)24-18-8-9-21(20(23)16-18)26-12-10-25(4-2)11-13-26/h5-9,15-16H,3-4,10-14H2,1-2H3,(H,24,27)/p+1. The number of hydrogen-bond acceptors (Lipinski definition) is 3. The molecule has 1 aliphatic rings. The van der Waals surface area contributed by atoms with E-state index in [0.29, 0.717) is 28.6 Å². The van der Waals surface area contributed by atoms with Gasteiger partial charge in [0.25, 0.3) is 5.91 Å². The molecule has 6 heteroatoms. The Bertz CT molecular complexity index is 804. The smallest absolute Gasteiger partial charge is 0.255 e. The van der Waals surface area contributed by atoms with Crippen LogP contribution in [-0.2, 0) is 0 Å². The summed E-state index contributed by atoms with van der Waals surface area (Å²) in [6.07, 6.45) is 0.927. The number of quaternary nitrogens is 1. The van der Waals surface area contributed by atoms with Crippen LogP contribution in [0.2, 0.25) is 5.02 Å². The molecule has 0 radical (unpaired) electrons. The first-order chi connectivity index (χ1) is 13.6. The molecule has 150 valence electrons. The molecule has 0 saturated carbocycles. The normalized spacial score (nSPS) is 14.8. The lowest BCUT2D eigenvalue weighted by Crippen LogP contribution is -3.14. The summed E-state index contributed by atoms with van der Waals surface area (Å²) in [5.74, 6) is 0.530. The van der Waals surface area contributed by atoms with E-state index in [0.717, 1.165) is 44.8 Å². The molecule has 0 aliphatic carbocycles. The number of ether oxygens (including phenoxy) is 1. The zero-order valence-electron chi connectivity index (χ0n) is 16.6. The molecule has 2 aromatic carbocycles. The second kappa shape index (κ2) is 9.80. The number of rotatable bonds is 7. The van der Waals surface area contributed by atoms with E-state index in [1.165, 1.54) is 0 Å². The highest BCUT2D eigenvalue weighted by molar-refractivity contribution is 6.33. The quantitative estimate of drug-likeness (QED) is 0.748. The van der Waals surface area contributed by atoms with Gasteiger partial charge in [-0.25, -0.2) is 0 Å². The van der Waals surface area contributed by atoms with Crippen LogP contribution < -0.4 is 19.9 Å². The van der Waals surface area contributed by atoms with Crippen molar-refractivity contribution in [3.8, 4) is 5.75 Å². The van der Waals surface area contributed by atoms with E-state index < -0.39 is 0 Å². The lowest BCUT2D eigenvalue weighted by Gasteiger charge is -2.33. The van der Waals surface area contributed by atoms with Crippen molar-refractivity contribution in [2.75, 3.05) is 49.5 Å². The van der Waals surface area contributed by atoms with E-state index in [-0.39, 0.29) is 5.91 Å². The number of hydrogen-bond donors (Lipinski definition) is 2. The minimum Gasteiger partial charge on any atom is -0.494 e. The summed E-state index contributed by atoms with van der Waals surface area (Å²) in [4.78, 5) is 16.5. The maximum atomic E-state index is 12.6. The van der Waals surface area contributed by atoms with Crippen LogP contribution >= 0.6 is 11.6 Å². The van der Waals surface area contributed by atoms with Crippen molar-refractivity contribution in [1.29, 1.82) is 0 Å². The number of nitrogens with zero attached hydrogens (tertiary/aromatic N) is 1. The summed E-state index contributed by atoms with van der Waals surface area (Å²) in [7, 11) is 0. The van der Waals surface area contributed by atoms with Crippen LogP contribution in [0.5, 0.6) is 5.75 Å². The van der Waals surface area contributed by atoms with Crippen molar-refractivity contribution in [2.24, 2.45) is 0 Å². The molecule has 1 heterocycles. The molecule has 5 nitrogen and oxygen atoms in total. The zero-order chi connectivity index (χ0) is 19.9. The summed E-state index contributed by atoms with van der Waals surface area (Å²) in [5.41, 5.74) is 2.29. The number of carbonyl (C=O) groups is 1. The van der Waals surface area contributed by atoms with E-state index in [4.69, 9.17) is 16.3 Å². The molecule has 2 N–H and O–H groups in total. The number of benzene rings is 2. The number of piperazine rings is 1. The molecule has 0 spiro atoms. The van der Waals surface area contributed by atoms with Crippen molar-refractivity contribution in [3.05, 3.63) is 53.1 Å². The van der Waals surface area contributed by atoms with E-state index in [2.05, 4.69) is 24.1 Å². The van der Waals surface area contributed by atoms with Gasteiger partial charge in [-0.15, -0.1) is 0 Å². The van der Waals surface area contributed by atoms with Crippen LogP contribution in [0.4, 0.5) is 11.4 Å². The Morgan fingerprint density at radius 2 is 1.96 bits per heavy atom. The van der Waals surface area contributed by atoms with E-state index in [9.17, 15) is 4.79 Å². The highest BCUT2D eigenvalue weighted by Gasteiger charge is 2.20. The predicted molar refractivity (Wildman–Crippen MR) is 115 cm³/mol. The average molecular weight is 403 g/mol. The highest BCUT2D eigenvalue weighted by Crippen LogP contribution is 2.29. The zero-order valence-corrected chi connectivity index (χ0v) is 17.4. The third-order valence-corrected chi connectivity index (χ3v) is 5.39. The van der Waals surface area contributed by atoms with Crippen molar-refractivity contribution < 1.29 is 14.4 Å². The minimum atomic E-state index is -0.175. The van der Waals surface area contributed by atoms with Crippen molar-refractivity contribution in [1.82, 2.24) is 0 Å². The van der Waals surface area contributed by atoms with Gasteiger partial charge >= 0.3 is 0 Å². The van der Waals surface area contributed by atoms with Crippen LogP contribution in [0.3, 0.4) is 0 Å². The molecule has 1 fully saturated rings. The maximum Gasteiger partial charge on any atom is 0.255 e. The van der Waals surface area contributed by atoms with E-state index in [1.54, 1.807) is 17.0 Å². The van der Waals surface area contributed by atoms with E-state index >= 15 is 0 Å². The van der Waals surface area contributed by atoms with Gasteiger partial charge in [-0.3, -0.25) is 4.79 Å². The van der Waals surface area contributed by atoms with Gasteiger partial charge in [-0.1, -0.05) is 24.6 Å². The average Bonchev–Trinajstić information content (AvgIpc) is 2.73. The topological polar surface area (TPSA) is 46.0 Å². The largest absolute Gasteiger partial charge is 0.494 e. The first-order valence-corrected chi connectivity index (χ1v) is 10.4. The van der Waals surface area contributed by atoms with Gasteiger partial charge in [0.15, 0.2) is 0 Å². The van der Waals surface area contributed by atoms with Gasteiger partial charge in [0.05, 0.1) is 50.0 Å². The summed E-state index contributed by atoms with van der Waals surface area (Å²) >= 11 is 6.53. The second-order valence-electron chi connectivity index (χ2n) is 7.09. The van der Waals surface area contributed by atoms with Gasteiger partial charge in [0.1, 0.15) is 5.75 Å². The fourth-order valence-electron chi connectivity index (χ4n) is 3.41. The molecule has 0 aromatic heterocycles. The Morgan fingerprint density at radius 1 is 1.18 bits per heavy atom. The van der Waals surface area contributed by atoms with Crippen LogP contribution in [-0.4, -0.2) is 45.2 Å². The third kappa shape index (κ3) is 5.18. The monoisotopic (exact) mass is 402 g/mol. The number of nitrogens with one attached hydrogen (secondary N) is 2. The van der Waals surface area contributed by atoms with Crippen molar-refractivity contribution >= 4 is 28.9 Å². The van der Waals surface area contributed by atoms with Crippen molar-refractivity contribution in [3.63, 3.8) is 0 Å². The first-order valence-electron chi connectivity index (χ1n) is 10.0. The van der Waals surface area contributed by atoms with Crippen molar-refractivity contribution in [2.45, 2.75) is 20.3 Å². The molecule has 0 atom stereocenters. The number of anilines is 2. The molecule has 1 saturated heterocycles. The van der Waals surface area contributed by atoms with Gasteiger partial charge in [0, 0.05) is 11.3 Å². The third-order valence-electron chi connectivity index (χ3n) is 5.09. The predicted octanol–water partition coefficient (Wildman–Crippen LogP) is 3.11. The maximum absolute atomic E-state index is 12.6. The van der Waals surface area contributed by atoms with Crippen LogP contribution in [0.1, 0.15) is 30.6 Å².